The molecule has 2 heterocycles. The van der Waals surface area contributed by atoms with Gasteiger partial charge in [0.2, 0.25) is 11.9 Å². The molecule has 0 saturated heterocycles. The fraction of sp³-hybridized carbons (Fsp3) is 0.143. The normalized spacial score (nSPS) is 10.7. The van der Waals surface area contributed by atoms with Crippen LogP contribution < -0.4 is 5.32 Å². The van der Waals surface area contributed by atoms with E-state index in [2.05, 4.69) is 20.5 Å². The molecule has 0 aliphatic carbocycles. The Balaban J connectivity index is 1.58. The van der Waals surface area contributed by atoms with Crippen molar-refractivity contribution in [3.05, 3.63) is 59.4 Å². The van der Waals surface area contributed by atoms with E-state index < -0.39 is 0 Å². The summed E-state index contributed by atoms with van der Waals surface area (Å²) in [6, 6.07) is 6.09. The minimum atomic E-state index is -0.315. The smallest absolute Gasteiger partial charge is 0.248 e. The molecule has 3 aromatic rings. The number of anilines is 1. The van der Waals surface area contributed by atoms with Crippen LogP contribution in [0.2, 0.25) is 5.02 Å². The van der Waals surface area contributed by atoms with E-state index in [0.29, 0.717) is 11.6 Å². The van der Waals surface area contributed by atoms with Crippen molar-refractivity contribution in [2.75, 3.05) is 5.32 Å². The second-order valence-electron chi connectivity index (χ2n) is 4.80. The zero-order chi connectivity index (χ0) is 16.2. The molecule has 2 aromatic heterocycles. The molecule has 1 N–H and O–H groups in total. The van der Waals surface area contributed by atoms with Gasteiger partial charge in [0.15, 0.2) is 0 Å². The minimum Gasteiger partial charge on any atom is -0.292 e. The standard InChI is InChI=1S/C14H12ClFN6O/c15-11-5-18-21(7-11)8-13(23)19-14-17-9-22(20-14)6-10-1-3-12(16)4-2-10/h1-5,7,9H,6,8H2,(H,19,20,23). The van der Waals surface area contributed by atoms with Gasteiger partial charge in [0.1, 0.15) is 18.7 Å². The summed E-state index contributed by atoms with van der Waals surface area (Å²) in [4.78, 5) is 15.9. The monoisotopic (exact) mass is 334 g/mol. The predicted molar refractivity (Wildman–Crippen MR) is 81.4 cm³/mol. The van der Waals surface area contributed by atoms with Gasteiger partial charge in [-0.15, -0.1) is 5.10 Å². The molecular formula is C14H12ClFN6O. The first kappa shape index (κ1) is 15.2. The highest BCUT2D eigenvalue weighted by atomic mass is 35.5. The van der Waals surface area contributed by atoms with E-state index in [-0.39, 0.29) is 24.2 Å². The number of hydrogen-bond acceptors (Lipinski definition) is 4. The zero-order valence-corrected chi connectivity index (χ0v) is 12.6. The molecule has 118 valence electrons. The fourth-order valence-electron chi connectivity index (χ4n) is 1.94. The molecular weight excluding hydrogens is 323 g/mol. The molecule has 0 fully saturated rings. The minimum absolute atomic E-state index is 0.0131. The molecule has 0 bridgehead atoms. The molecule has 3 rings (SSSR count). The number of amides is 1. The number of aromatic nitrogens is 5. The third-order valence-electron chi connectivity index (χ3n) is 2.95. The van der Waals surface area contributed by atoms with Crippen LogP contribution in [0.3, 0.4) is 0 Å². The molecule has 0 spiro atoms. The van der Waals surface area contributed by atoms with Crippen LogP contribution in [0.5, 0.6) is 0 Å². The van der Waals surface area contributed by atoms with Gasteiger partial charge in [-0.25, -0.2) is 14.1 Å². The number of benzene rings is 1. The summed E-state index contributed by atoms with van der Waals surface area (Å²) < 4.78 is 15.8. The number of nitrogens with one attached hydrogen (secondary N) is 1. The maximum Gasteiger partial charge on any atom is 0.248 e. The summed E-state index contributed by atoms with van der Waals surface area (Å²) in [6.45, 7) is 0.442. The fourth-order valence-corrected chi connectivity index (χ4v) is 2.10. The number of carbonyl (C=O) groups excluding carboxylic acids is 1. The summed E-state index contributed by atoms with van der Waals surface area (Å²) in [7, 11) is 0. The highest BCUT2D eigenvalue weighted by Gasteiger charge is 2.08. The molecule has 0 atom stereocenters. The first-order chi connectivity index (χ1) is 11.1. The van der Waals surface area contributed by atoms with Gasteiger partial charge in [0.25, 0.3) is 0 Å². The van der Waals surface area contributed by atoms with E-state index in [1.54, 1.807) is 23.0 Å². The number of carbonyl (C=O) groups is 1. The molecule has 23 heavy (non-hydrogen) atoms. The molecule has 1 amide bonds. The summed E-state index contributed by atoms with van der Waals surface area (Å²) in [5.74, 6) is -0.418. The van der Waals surface area contributed by atoms with Gasteiger partial charge in [0.05, 0.1) is 17.8 Å². The Labute approximate surface area is 135 Å². The first-order valence-electron chi connectivity index (χ1n) is 6.70. The Morgan fingerprint density at radius 1 is 1.26 bits per heavy atom. The number of halogens is 2. The lowest BCUT2D eigenvalue weighted by molar-refractivity contribution is -0.116. The molecule has 0 saturated carbocycles. The summed E-state index contributed by atoms with van der Waals surface area (Å²) in [6.07, 6.45) is 4.48. The van der Waals surface area contributed by atoms with Crippen LogP contribution >= 0.6 is 11.6 Å². The van der Waals surface area contributed by atoms with Crippen LogP contribution in [-0.4, -0.2) is 30.5 Å². The Hall–Kier alpha value is -2.74. The van der Waals surface area contributed by atoms with Gasteiger partial charge in [0, 0.05) is 6.20 Å². The summed E-state index contributed by atoms with van der Waals surface area (Å²) in [5, 5.41) is 11.1. The number of nitrogens with zero attached hydrogens (tertiary/aromatic N) is 5. The molecule has 0 aliphatic rings. The van der Waals surface area contributed by atoms with Crippen molar-refractivity contribution in [1.82, 2.24) is 24.5 Å². The van der Waals surface area contributed by atoms with Crippen molar-refractivity contribution in [2.45, 2.75) is 13.1 Å². The average Bonchev–Trinajstić information content (AvgIpc) is 3.11. The lowest BCUT2D eigenvalue weighted by Crippen LogP contribution is -2.19. The van der Waals surface area contributed by atoms with Crippen LogP contribution in [0.1, 0.15) is 5.56 Å². The zero-order valence-electron chi connectivity index (χ0n) is 11.9. The third-order valence-corrected chi connectivity index (χ3v) is 3.15. The number of hydrogen-bond donors (Lipinski definition) is 1. The third kappa shape index (κ3) is 4.13. The second-order valence-corrected chi connectivity index (χ2v) is 5.23. The molecule has 0 radical (unpaired) electrons. The van der Waals surface area contributed by atoms with Gasteiger partial charge in [-0.3, -0.25) is 14.8 Å². The maximum absolute atomic E-state index is 12.9. The first-order valence-corrected chi connectivity index (χ1v) is 7.08. The maximum atomic E-state index is 12.9. The van der Waals surface area contributed by atoms with Crippen molar-refractivity contribution in [1.29, 1.82) is 0 Å². The molecule has 9 heteroatoms. The summed E-state index contributed by atoms with van der Waals surface area (Å²) >= 11 is 5.73. The highest BCUT2D eigenvalue weighted by Crippen LogP contribution is 2.07. The lowest BCUT2D eigenvalue weighted by Gasteiger charge is -2.02. The molecule has 7 nitrogen and oxygen atoms in total. The average molecular weight is 335 g/mol. The predicted octanol–water partition coefficient (Wildman–Crippen LogP) is 1.95. The van der Waals surface area contributed by atoms with Crippen LogP contribution in [0.25, 0.3) is 0 Å². The highest BCUT2D eigenvalue weighted by molar-refractivity contribution is 6.30. The van der Waals surface area contributed by atoms with Crippen molar-refractivity contribution in [3.8, 4) is 0 Å². The van der Waals surface area contributed by atoms with Crippen LogP contribution in [0.4, 0.5) is 10.3 Å². The molecule has 0 aliphatic heterocycles. The topological polar surface area (TPSA) is 77.6 Å². The Kier molecular flexibility index (Phi) is 4.33. The van der Waals surface area contributed by atoms with E-state index in [1.165, 1.54) is 29.3 Å². The van der Waals surface area contributed by atoms with Gasteiger partial charge < -0.3 is 0 Å². The van der Waals surface area contributed by atoms with Gasteiger partial charge in [-0.2, -0.15) is 5.10 Å². The van der Waals surface area contributed by atoms with Crippen LogP contribution in [0.15, 0.2) is 43.0 Å². The van der Waals surface area contributed by atoms with Crippen LogP contribution in [-0.2, 0) is 17.9 Å². The Bertz CT molecular complexity index is 813. The van der Waals surface area contributed by atoms with E-state index in [0.717, 1.165) is 5.56 Å². The van der Waals surface area contributed by atoms with Crippen LogP contribution in [0, 0.1) is 5.82 Å². The van der Waals surface area contributed by atoms with Gasteiger partial charge in [-0.1, -0.05) is 23.7 Å². The summed E-state index contributed by atoms with van der Waals surface area (Å²) in [5.41, 5.74) is 0.875. The van der Waals surface area contributed by atoms with E-state index in [9.17, 15) is 9.18 Å². The largest absolute Gasteiger partial charge is 0.292 e. The lowest BCUT2D eigenvalue weighted by atomic mass is 10.2. The van der Waals surface area contributed by atoms with Crippen molar-refractivity contribution < 1.29 is 9.18 Å². The van der Waals surface area contributed by atoms with E-state index in [4.69, 9.17) is 11.6 Å². The Morgan fingerprint density at radius 3 is 2.74 bits per heavy atom. The number of rotatable bonds is 5. The molecule has 0 unspecified atom stereocenters. The van der Waals surface area contributed by atoms with Crippen molar-refractivity contribution in [2.24, 2.45) is 0 Å². The molecule has 1 aromatic carbocycles. The van der Waals surface area contributed by atoms with Crippen molar-refractivity contribution >= 4 is 23.5 Å². The van der Waals surface area contributed by atoms with Gasteiger partial charge in [-0.05, 0) is 17.7 Å². The van der Waals surface area contributed by atoms with E-state index in [1.807, 2.05) is 0 Å². The Morgan fingerprint density at radius 2 is 2.04 bits per heavy atom. The van der Waals surface area contributed by atoms with E-state index >= 15 is 0 Å². The quantitative estimate of drug-likeness (QED) is 0.773. The second kappa shape index (κ2) is 6.57. The van der Waals surface area contributed by atoms with Gasteiger partial charge >= 0.3 is 0 Å². The SMILES string of the molecule is O=C(Cn1cc(Cl)cn1)Nc1ncn(Cc2ccc(F)cc2)n1. The van der Waals surface area contributed by atoms with Crippen molar-refractivity contribution in [3.63, 3.8) is 0 Å².